The van der Waals surface area contributed by atoms with E-state index in [1.807, 2.05) is 33.9 Å². The van der Waals surface area contributed by atoms with E-state index in [0.717, 1.165) is 42.5 Å². The number of aliphatic hydroxyl groups excluding tert-OH is 1. The van der Waals surface area contributed by atoms with E-state index in [-0.39, 0.29) is 43.5 Å². The molecule has 5 rings (SSSR count). The minimum atomic E-state index is 0. The van der Waals surface area contributed by atoms with Gasteiger partial charge in [-0.2, -0.15) is 0 Å². The first kappa shape index (κ1) is 39.6. The molecule has 4 heteroatoms. The second kappa shape index (κ2) is 16.7. The third-order valence-corrected chi connectivity index (χ3v) is 10.3. The van der Waals surface area contributed by atoms with E-state index in [1.165, 1.54) is 58.0 Å². The monoisotopic (exact) mass is 825 g/mol. The largest absolute Gasteiger partial charge is 0.512 e. The topological polar surface area (TPSA) is 50.2 Å². The molecule has 1 aliphatic rings. The minimum Gasteiger partial charge on any atom is -0.512 e. The first-order valence-electron chi connectivity index (χ1n) is 18.0. The van der Waals surface area contributed by atoms with Crippen molar-refractivity contribution in [2.45, 2.75) is 120 Å². The van der Waals surface area contributed by atoms with Crippen molar-refractivity contribution in [2.24, 2.45) is 22.7 Å². The van der Waals surface area contributed by atoms with Crippen molar-refractivity contribution in [3.05, 3.63) is 89.3 Å². The van der Waals surface area contributed by atoms with Crippen LogP contribution in [-0.4, -0.2) is 15.9 Å². The number of carbonyl (C=O) groups excluding carboxylic acids is 1. The maximum absolute atomic E-state index is 11.7. The Labute approximate surface area is 304 Å². The van der Waals surface area contributed by atoms with Gasteiger partial charge in [-0.1, -0.05) is 99.6 Å². The number of pyridine rings is 1. The van der Waals surface area contributed by atoms with Crippen LogP contribution in [0.2, 0.25) is 0 Å². The van der Waals surface area contributed by atoms with Gasteiger partial charge < -0.3 is 10.1 Å². The molecule has 0 amide bonds. The van der Waals surface area contributed by atoms with Gasteiger partial charge in [-0.05, 0) is 101 Å². The summed E-state index contributed by atoms with van der Waals surface area (Å²) in [5.41, 5.74) is 6.80. The summed E-state index contributed by atoms with van der Waals surface area (Å²) < 4.78 is 0. The Bertz CT molecular complexity index is 1690. The molecule has 0 aliphatic heterocycles. The second-order valence-corrected chi connectivity index (χ2v) is 15.7. The molecule has 0 bridgehead atoms. The molecule has 1 heterocycles. The Balaban J connectivity index is 0.000000334. The Kier molecular flexibility index (Phi) is 13.8. The minimum absolute atomic E-state index is 0. The fraction of sp³-hybridized carbons (Fsp3) is 0.500. The normalized spacial score (nSPS) is 16.1. The van der Waals surface area contributed by atoms with Gasteiger partial charge in [0.2, 0.25) is 0 Å². The third kappa shape index (κ3) is 9.66. The predicted octanol–water partition coefficient (Wildman–Crippen LogP) is 12.7. The van der Waals surface area contributed by atoms with Gasteiger partial charge in [0.05, 0.1) is 5.76 Å². The van der Waals surface area contributed by atoms with Crippen LogP contribution in [-0.2, 0) is 24.9 Å². The number of fused-ring (bicyclic) bond motifs is 3. The van der Waals surface area contributed by atoms with Crippen LogP contribution in [0.25, 0.3) is 32.8 Å². The van der Waals surface area contributed by atoms with Gasteiger partial charge in [0, 0.05) is 44.2 Å². The summed E-state index contributed by atoms with van der Waals surface area (Å²) in [5.74, 6) is 1.18. The van der Waals surface area contributed by atoms with Crippen molar-refractivity contribution >= 4 is 27.3 Å². The number of aliphatic hydroxyl groups is 1. The van der Waals surface area contributed by atoms with Gasteiger partial charge >= 0.3 is 0 Å². The number of nitrogens with zero attached hydrogens (tertiary/aromatic N) is 1. The molecule has 1 saturated carbocycles. The van der Waals surface area contributed by atoms with Gasteiger partial charge in [-0.3, -0.25) is 4.79 Å². The van der Waals surface area contributed by atoms with E-state index in [4.69, 9.17) is 4.98 Å². The molecule has 0 atom stereocenters. The van der Waals surface area contributed by atoms with Crippen LogP contribution in [0, 0.1) is 42.6 Å². The van der Waals surface area contributed by atoms with Gasteiger partial charge in [0.15, 0.2) is 5.78 Å². The molecule has 0 unspecified atom stereocenters. The predicted molar refractivity (Wildman–Crippen MR) is 201 cm³/mol. The number of hydrogen-bond donors (Lipinski definition) is 1. The van der Waals surface area contributed by atoms with Gasteiger partial charge in [-0.15, -0.1) is 34.9 Å². The van der Waals surface area contributed by atoms with E-state index in [9.17, 15) is 9.90 Å². The average molecular weight is 825 g/mol. The number of benzene rings is 3. The molecule has 261 valence electrons. The molecule has 1 N–H and O–H groups in total. The number of aryl methyl sites for hydroxylation is 2. The van der Waals surface area contributed by atoms with Crippen molar-refractivity contribution in [2.75, 3.05) is 0 Å². The molecule has 48 heavy (non-hydrogen) atoms. The zero-order valence-electron chi connectivity index (χ0n) is 31.1. The summed E-state index contributed by atoms with van der Waals surface area (Å²) in [6.07, 6.45) is 10.7. The molecule has 1 aromatic heterocycles. The van der Waals surface area contributed by atoms with Gasteiger partial charge in [-0.25, -0.2) is 0 Å². The molecule has 0 spiro atoms. The van der Waals surface area contributed by atoms with Crippen molar-refractivity contribution in [3.8, 4) is 11.3 Å². The van der Waals surface area contributed by atoms with E-state index in [1.54, 1.807) is 0 Å². The van der Waals surface area contributed by atoms with Crippen LogP contribution >= 0.6 is 0 Å². The van der Waals surface area contributed by atoms with Crippen LogP contribution < -0.4 is 0 Å². The van der Waals surface area contributed by atoms with Crippen molar-refractivity contribution in [3.63, 3.8) is 0 Å². The van der Waals surface area contributed by atoms with Crippen LogP contribution in [0.1, 0.15) is 123 Å². The number of aromatic nitrogens is 1. The zero-order chi connectivity index (χ0) is 34.5. The smallest absolute Gasteiger partial charge is 0.162 e. The van der Waals surface area contributed by atoms with E-state index >= 15 is 0 Å². The summed E-state index contributed by atoms with van der Waals surface area (Å²) >= 11 is 0. The Morgan fingerprint density at radius 3 is 2.04 bits per heavy atom. The first-order valence-corrected chi connectivity index (χ1v) is 18.0. The zero-order valence-corrected chi connectivity index (χ0v) is 33.5. The quantitative estimate of drug-likeness (QED) is 0.0792. The maximum Gasteiger partial charge on any atom is 0.162 e. The molecule has 1 aliphatic carbocycles. The number of carbonyl (C=O) groups is 1. The van der Waals surface area contributed by atoms with Crippen molar-refractivity contribution in [1.29, 1.82) is 0 Å². The third-order valence-electron chi connectivity index (χ3n) is 10.3. The SMILES string of the molecule is CCC(CC)C(=O)/C=C(\O)C(CC)CC.Cc1[c-]c(-c2nccc3c2ccc2cc(C4CC(C)(C)CC(C)(C)C4)ccc23)cc(C)c1.[Ir]. The summed E-state index contributed by atoms with van der Waals surface area (Å²) in [5, 5.41) is 14.9. The average Bonchev–Trinajstić information content (AvgIpc) is 3.00. The van der Waals surface area contributed by atoms with Crippen LogP contribution in [0.15, 0.2) is 66.6 Å². The maximum atomic E-state index is 11.7. The van der Waals surface area contributed by atoms with Crippen LogP contribution in [0.4, 0.5) is 0 Å². The molecule has 1 radical (unpaired) electrons. The van der Waals surface area contributed by atoms with Gasteiger partial charge in [0.1, 0.15) is 0 Å². The van der Waals surface area contributed by atoms with Crippen LogP contribution in [0.3, 0.4) is 0 Å². The summed E-state index contributed by atoms with van der Waals surface area (Å²) in [6.45, 7) is 22.1. The van der Waals surface area contributed by atoms with Crippen LogP contribution in [0.5, 0.6) is 0 Å². The molecule has 0 saturated heterocycles. The summed E-state index contributed by atoms with van der Waals surface area (Å²) in [7, 11) is 0. The Morgan fingerprint density at radius 2 is 1.46 bits per heavy atom. The Hall–Kier alpha value is -2.81. The molecular weight excluding hydrogens is 767 g/mol. The van der Waals surface area contributed by atoms with E-state index in [0.29, 0.717) is 16.7 Å². The van der Waals surface area contributed by atoms with E-state index < -0.39 is 0 Å². The first-order chi connectivity index (χ1) is 22.2. The van der Waals surface area contributed by atoms with Gasteiger partial charge in [0.25, 0.3) is 0 Å². The summed E-state index contributed by atoms with van der Waals surface area (Å²) in [6, 6.07) is 21.7. The molecule has 3 aromatic carbocycles. The van der Waals surface area contributed by atoms with Crippen molar-refractivity contribution < 1.29 is 30.0 Å². The Morgan fingerprint density at radius 1 is 0.854 bits per heavy atom. The number of rotatable bonds is 9. The number of ketones is 1. The standard InChI is InChI=1S/C31H34N.C13H24O2.Ir/c1-20-13-21(2)15-24(14-20)29-28-10-8-23-16-22(7-9-26(23)27(28)11-12-32-29)25-17-30(3,4)19-31(5,6)18-25;1-5-10(6-2)12(14)9-13(15)11(7-3)8-4;/h7-14,16,25H,17-19H2,1-6H3;9-11,14H,5-8H2,1-4H3;/q-1;;/b;12-9-;. The number of allylic oxidation sites excluding steroid dienone is 2. The molecule has 3 nitrogen and oxygen atoms in total. The number of hydrogen-bond acceptors (Lipinski definition) is 3. The molecule has 1 fully saturated rings. The van der Waals surface area contributed by atoms with Crippen molar-refractivity contribution in [1.82, 2.24) is 4.98 Å². The summed E-state index contributed by atoms with van der Waals surface area (Å²) in [4.78, 5) is 16.5. The molecule has 4 aromatic rings. The molecular formula is C44H58IrNO2-. The second-order valence-electron chi connectivity index (χ2n) is 15.7. The fourth-order valence-electron chi connectivity index (χ4n) is 8.37. The van der Waals surface area contributed by atoms with E-state index in [2.05, 4.69) is 96.1 Å². The fourth-order valence-corrected chi connectivity index (χ4v) is 8.37.